The van der Waals surface area contributed by atoms with Crippen molar-refractivity contribution in [3.8, 4) is 0 Å². The van der Waals surface area contributed by atoms with Crippen LogP contribution in [0.25, 0.3) is 0 Å². The molecule has 1 fully saturated rings. The molecule has 0 radical (unpaired) electrons. The van der Waals surface area contributed by atoms with Gasteiger partial charge in [0.05, 0.1) is 4.90 Å². The van der Waals surface area contributed by atoms with Gasteiger partial charge in [0.25, 0.3) is 0 Å². The van der Waals surface area contributed by atoms with Crippen molar-refractivity contribution in [2.75, 3.05) is 19.8 Å². The second-order valence-electron chi connectivity index (χ2n) is 7.67. The summed E-state index contributed by atoms with van der Waals surface area (Å²) in [6, 6.07) is 7.60. The molecule has 154 valence electrons. The van der Waals surface area contributed by atoms with Crippen LogP contribution in [0.2, 0.25) is 0 Å². The van der Waals surface area contributed by atoms with Crippen LogP contribution < -0.4 is 10.6 Å². The third kappa shape index (κ3) is 7.97. The van der Waals surface area contributed by atoms with Crippen molar-refractivity contribution in [2.45, 2.75) is 56.9 Å². The SMILES string of the molecule is CN=C(NCCc1ccc(S(C)(=O)=O)cc1)NC1CCC(C(C)C)CC1.I. The topological polar surface area (TPSA) is 70.6 Å². The molecular weight excluding hydrogens is 473 g/mol. The van der Waals surface area contributed by atoms with Crippen molar-refractivity contribution in [3.63, 3.8) is 0 Å². The minimum atomic E-state index is -3.13. The molecule has 1 aliphatic rings. The lowest BCUT2D eigenvalue weighted by Gasteiger charge is -2.32. The molecule has 5 nitrogen and oxygen atoms in total. The van der Waals surface area contributed by atoms with E-state index in [9.17, 15) is 8.42 Å². The predicted molar refractivity (Wildman–Crippen MR) is 124 cm³/mol. The lowest BCUT2D eigenvalue weighted by molar-refractivity contribution is 0.250. The number of nitrogens with one attached hydrogen (secondary N) is 2. The number of rotatable bonds is 6. The number of nitrogens with zero attached hydrogens (tertiary/aromatic N) is 1. The van der Waals surface area contributed by atoms with Crippen LogP contribution in [0.15, 0.2) is 34.2 Å². The highest BCUT2D eigenvalue weighted by molar-refractivity contribution is 14.0. The minimum Gasteiger partial charge on any atom is -0.356 e. The summed E-state index contributed by atoms with van der Waals surface area (Å²) in [4.78, 5) is 4.69. The molecule has 1 aromatic rings. The zero-order chi connectivity index (χ0) is 19.2. The van der Waals surface area contributed by atoms with Gasteiger partial charge in [0.1, 0.15) is 0 Å². The van der Waals surface area contributed by atoms with E-state index in [4.69, 9.17) is 0 Å². The molecule has 0 bridgehead atoms. The van der Waals surface area contributed by atoms with Gasteiger partial charge in [-0.05, 0) is 61.6 Å². The quantitative estimate of drug-likeness (QED) is 0.351. The Morgan fingerprint density at radius 2 is 1.74 bits per heavy atom. The van der Waals surface area contributed by atoms with E-state index in [0.29, 0.717) is 10.9 Å². The minimum absolute atomic E-state index is 0. The number of sulfone groups is 1. The monoisotopic (exact) mass is 507 g/mol. The van der Waals surface area contributed by atoms with E-state index in [1.54, 1.807) is 19.2 Å². The molecular formula is C20H34IN3O2S. The summed E-state index contributed by atoms with van der Waals surface area (Å²) >= 11 is 0. The average molecular weight is 507 g/mol. The van der Waals surface area contributed by atoms with Crippen molar-refractivity contribution < 1.29 is 8.42 Å². The predicted octanol–water partition coefficient (Wildman–Crippen LogP) is 3.63. The Bertz CT molecular complexity index is 694. The summed E-state index contributed by atoms with van der Waals surface area (Å²) in [5.74, 6) is 2.49. The first-order valence-electron chi connectivity index (χ1n) is 9.55. The molecule has 0 unspecified atom stereocenters. The Balaban J connectivity index is 0.00000364. The van der Waals surface area contributed by atoms with Gasteiger partial charge in [0.15, 0.2) is 15.8 Å². The van der Waals surface area contributed by atoms with Crippen molar-refractivity contribution in [1.29, 1.82) is 0 Å². The summed E-state index contributed by atoms with van der Waals surface area (Å²) in [5, 5.41) is 6.90. The van der Waals surface area contributed by atoms with E-state index >= 15 is 0 Å². The third-order valence-electron chi connectivity index (χ3n) is 5.34. The maximum absolute atomic E-state index is 11.5. The lowest BCUT2D eigenvalue weighted by Crippen LogP contribution is -2.45. The van der Waals surface area contributed by atoms with E-state index in [1.807, 2.05) is 12.1 Å². The fourth-order valence-electron chi connectivity index (χ4n) is 3.55. The summed E-state index contributed by atoms with van der Waals surface area (Å²) in [5.41, 5.74) is 1.11. The second-order valence-corrected chi connectivity index (χ2v) is 9.68. The normalized spacial score (nSPS) is 20.9. The molecule has 2 N–H and O–H groups in total. The van der Waals surface area contributed by atoms with E-state index in [1.165, 1.54) is 31.9 Å². The molecule has 0 amide bonds. The van der Waals surface area contributed by atoms with Crippen LogP contribution >= 0.6 is 24.0 Å². The zero-order valence-corrected chi connectivity index (χ0v) is 20.0. The maximum atomic E-state index is 11.5. The Morgan fingerprint density at radius 3 is 2.22 bits per heavy atom. The van der Waals surface area contributed by atoms with Gasteiger partial charge in [0, 0.05) is 25.9 Å². The van der Waals surface area contributed by atoms with Crippen LogP contribution in [-0.2, 0) is 16.3 Å². The molecule has 0 aliphatic heterocycles. The van der Waals surface area contributed by atoms with Gasteiger partial charge in [-0.3, -0.25) is 4.99 Å². The van der Waals surface area contributed by atoms with Gasteiger partial charge in [-0.1, -0.05) is 26.0 Å². The molecule has 7 heteroatoms. The fraction of sp³-hybridized carbons (Fsp3) is 0.650. The van der Waals surface area contributed by atoms with Gasteiger partial charge in [-0.2, -0.15) is 0 Å². The molecule has 0 spiro atoms. The van der Waals surface area contributed by atoms with Gasteiger partial charge in [0.2, 0.25) is 0 Å². The smallest absolute Gasteiger partial charge is 0.191 e. The van der Waals surface area contributed by atoms with Crippen LogP contribution in [0.1, 0.15) is 45.1 Å². The molecule has 0 saturated heterocycles. The first kappa shape index (κ1) is 24.2. The summed E-state index contributed by atoms with van der Waals surface area (Å²) in [7, 11) is -1.33. The van der Waals surface area contributed by atoms with Crippen molar-refractivity contribution in [2.24, 2.45) is 16.8 Å². The highest BCUT2D eigenvalue weighted by Gasteiger charge is 2.23. The molecule has 2 rings (SSSR count). The molecule has 27 heavy (non-hydrogen) atoms. The van der Waals surface area contributed by atoms with Crippen LogP contribution in [-0.4, -0.2) is 40.3 Å². The van der Waals surface area contributed by atoms with Crippen molar-refractivity contribution in [3.05, 3.63) is 29.8 Å². The Hall–Kier alpha value is -0.830. The lowest BCUT2D eigenvalue weighted by atomic mass is 9.80. The van der Waals surface area contributed by atoms with E-state index in [-0.39, 0.29) is 24.0 Å². The van der Waals surface area contributed by atoms with Crippen molar-refractivity contribution in [1.82, 2.24) is 10.6 Å². The summed E-state index contributed by atoms with van der Waals surface area (Å²) in [6.45, 7) is 5.40. The first-order valence-corrected chi connectivity index (χ1v) is 11.4. The number of aliphatic imine (C=N–C) groups is 1. The van der Waals surface area contributed by atoms with E-state index in [0.717, 1.165) is 36.3 Å². The highest BCUT2D eigenvalue weighted by atomic mass is 127. The largest absolute Gasteiger partial charge is 0.356 e. The summed E-state index contributed by atoms with van der Waals surface area (Å²) in [6.07, 6.45) is 7.05. The molecule has 1 aromatic carbocycles. The zero-order valence-electron chi connectivity index (χ0n) is 16.9. The van der Waals surface area contributed by atoms with Crippen LogP contribution in [0, 0.1) is 11.8 Å². The summed E-state index contributed by atoms with van der Waals surface area (Å²) < 4.78 is 23.0. The van der Waals surface area contributed by atoms with Gasteiger partial charge < -0.3 is 10.6 Å². The van der Waals surface area contributed by atoms with Crippen LogP contribution in [0.4, 0.5) is 0 Å². The number of hydrogen-bond donors (Lipinski definition) is 2. The van der Waals surface area contributed by atoms with Gasteiger partial charge >= 0.3 is 0 Å². The Morgan fingerprint density at radius 1 is 1.15 bits per heavy atom. The number of benzene rings is 1. The number of halogens is 1. The standard InChI is InChI=1S/C20H33N3O2S.HI/c1-15(2)17-7-9-18(10-8-17)23-20(21-3)22-14-13-16-5-11-19(12-6-16)26(4,24)25;/h5-6,11-12,15,17-18H,7-10,13-14H2,1-4H3,(H2,21,22,23);1H. The Kier molecular flexibility index (Phi) is 10.1. The van der Waals surface area contributed by atoms with E-state index in [2.05, 4.69) is 29.5 Å². The molecule has 1 aliphatic carbocycles. The first-order chi connectivity index (χ1) is 12.3. The van der Waals surface area contributed by atoms with Gasteiger partial charge in [-0.25, -0.2) is 8.42 Å². The molecule has 0 aromatic heterocycles. The maximum Gasteiger partial charge on any atom is 0.191 e. The Labute approximate surface area is 181 Å². The molecule has 0 heterocycles. The van der Waals surface area contributed by atoms with Crippen molar-refractivity contribution >= 4 is 39.8 Å². The fourth-order valence-corrected chi connectivity index (χ4v) is 4.18. The second kappa shape index (κ2) is 11.2. The van der Waals surface area contributed by atoms with Crippen LogP contribution in [0.3, 0.4) is 0 Å². The highest BCUT2D eigenvalue weighted by Crippen LogP contribution is 2.29. The number of hydrogen-bond acceptors (Lipinski definition) is 3. The molecule has 1 saturated carbocycles. The molecule has 0 atom stereocenters. The third-order valence-corrected chi connectivity index (χ3v) is 6.47. The average Bonchev–Trinajstić information content (AvgIpc) is 2.61. The van der Waals surface area contributed by atoms with Crippen LogP contribution in [0.5, 0.6) is 0 Å². The van der Waals surface area contributed by atoms with Gasteiger partial charge in [-0.15, -0.1) is 24.0 Å². The van der Waals surface area contributed by atoms with E-state index < -0.39 is 9.84 Å². The number of guanidine groups is 1.